The molecule has 0 amide bonds. The zero-order valence-electron chi connectivity index (χ0n) is 12.3. The van der Waals surface area contributed by atoms with E-state index in [9.17, 15) is 0 Å². The fourth-order valence-electron chi connectivity index (χ4n) is 2.71. The Balaban J connectivity index is 1.56. The summed E-state index contributed by atoms with van der Waals surface area (Å²) in [5, 5.41) is 0. The monoisotopic (exact) mass is 272 g/mol. The van der Waals surface area contributed by atoms with Gasteiger partial charge in [-0.05, 0) is 62.7 Å². The Hall–Kier alpha value is -1.35. The van der Waals surface area contributed by atoms with Crippen molar-refractivity contribution in [3.05, 3.63) is 30.1 Å². The van der Waals surface area contributed by atoms with Gasteiger partial charge in [0.2, 0.25) is 0 Å². The number of hydrogen-bond acceptors (Lipinski definition) is 3. The fourth-order valence-corrected chi connectivity index (χ4v) is 2.71. The molecule has 2 heterocycles. The molecule has 1 atom stereocenters. The van der Waals surface area contributed by atoms with Crippen molar-refractivity contribution in [1.82, 2.24) is 9.88 Å². The summed E-state index contributed by atoms with van der Waals surface area (Å²) in [6.45, 7) is 3.25. The second kappa shape index (κ2) is 6.40. The van der Waals surface area contributed by atoms with Crippen LogP contribution in [-0.2, 0) is 0 Å². The van der Waals surface area contributed by atoms with Gasteiger partial charge >= 0.3 is 0 Å². The Kier molecular flexibility index (Phi) is 4.36. The number of pyridine rings is 1. The summed E-state index contributed by atoms with van der Waals surface area (Å²) in [5.41, 5.74) is 1.14. The van der Waals surface area contributed by atoms with Crippen LogP contribution in [0.5, 0.6) is 5.75 Å². The summed E-state index contributed by atoms with van der Waals surface area (Å²) >= 11 is 0. The van der Waals surface area contributed by atoms with Gasteiger partial charge in [-0.2, -0.15) is 0 Å². The summed E-state index contributed by atoms with van der Waals surface area (Å²) < 4.78 is 5.77. The van der Waals surface area contributed by atoms with Gasteiger partial charge in [0.1, 0.15) is 5.75 Å². The third kappa shape index (κ3) is 4.07. The smallest absolute Gasteiger partial charge is 0.138 e. The zero-order valence-corrected chi connectivity index (χ0v) is 12.3. The highest BCUT2D eigenvalue weighted by Gasteiger charge is 2.21. The van der Waals surface area contributed by atoms with Crippen molar-refractivity contribution in [3.63, 3.8) is 0 Å². The van der Waals surface area contributed by atoms with Gasteiger partial charge in [0.15, 0.2) is 0 Å². The molecule has 1 aliphatic carbocycles. The van der Waals surface area contributed by atoms with E-state index in [0.717, 1.165) is 23.8 Å². The highest BCUT2D eigenvalue weighted by molar-refractivity contribution is 5.50. The Morgan fingerprint density at radius 3 is 3.05 bits per heavy atom. The maximum absolute atomic E-state index is 5.77. The molecule has 1 aromatic rings. The maximum Gasteiger partial charge on any atom is 0.138 e. The van der Waals surface area contributed by atoms with Gasteiger partial charge in [0, 0.05) is 12.7 Å². The van der Waals surface area contributed by atoms with E-state index in [1.807, 2.05) is 12.4 Å². The van der Waals surface area contributed by atoms with Gasteiger partial charge in [0.25, 0.3) is 0 Å². The lowest BCUT2D eigenvalue weighted by molar-refractivity contribution is 0.238. The van der Waals surface area contributed by atoms with Crippen LogP contribution in [0.4, 0.5) is 0 Å². The number of piperidine rings is 1. The van der Waals surface area contributed by atoms with Gasteiger partial charge in [-0.25, -0.2) is 0 Å². The first-order valence-corrected chi connectivity index (χ1v) is 7.74. The predicted octanol–water partition coefficient (Wildman–Crippen LogP) is 3.23. The summed E-state index contributed by atoms with van der Waals surface area (Å²) in [7, 11) is 2.20. The predicted molar refractivity (Wildman–Crippen MR) is 81.7 cm³/mol. The van der Waals surface area contributed by atoms with Crippen molar-refractivity contribution >= 4 is 6.08 Å². The Morgan fingerprint density at radius 2 is 2.25 bits per heavy atom. The molecule has 108 valence electrons. The van der Waals surface area contributed by atoms with Crippen molar-refractivity contribution in [2.24, 2.45) is 11.8 Å². The molecule has 20 heavy (non-hydrogen) atoms. The highest BCUT2D eigenvalue weighted by Crippen LogP contribution is 2.29. The quantitative estimate of drug-likeness (QED) is 0.823. The van der Waals surface area contributed by atoms with Crippen LogP contribution in [-0.4, -0.2) is 36.6 Å². The first-order chi connectivity index (χ1) is 9.79. The molecule has 0 aromatic carbocycles. The third-order valence-corrected chi connectivity index (χ3v) is 4.14. The number of aromatic nitrogens is 1. The van der Waals surface area contributed by atoms with Crippen LogP contribution in [0, 0.1) is 11.8 Å². The Labute approximate surface area is 121 Å². The van der Waals surface area contributed by atoms with Gasteiger partial charge < -0.3 is 9.64 Å². The summed E-state index contributed by atoms with van der Waals surface area (Å²) in [6.07, 6.45) is 13.5. The van der Waals surface area contributed by atoms with E-state index in [4.69, 9.17) is 4.74 Å². The molecular formula is C17H24N2O. The Bertz CT molecular complexity index is 468. The molecule has 0 N–H and O–H groups in total. The molecule has 1 unspecified atom stereocenters. The number of rotatable bonds is 5. The van der Waals surface area contributed by atoms with Crippen molar-refractivity contribution in [2.75, 3.05) is 26.7 Å². The highest BCUT2D eigenvalue weighted by atomic mass is 16.5. The molecule has 1 aliphatic heterocycles. The lowest BCUT2D eigenvalue weighted by Crippen LogP contribution is -2.30. The number of hydrogen-bond donors (Lipinski definition) is 0. The van der Waals surface area contributed by atoms with E-state index in [-0.39, 0.29) is 0 Å². The van der Waals surface area contributed by atoms with E-state index >= 15 is 0 Å². The van der Waals surface area contributed by atoms with Crippen LogP contribution in [0.25, 0.3) is 6.08 Å². The van der Waals surface area contributed by atoms with Crippen molar-refractivity contribution in [1.29, 1.82) is 0 Å². The second-order valence-electron chi connectivity index (χ2n) is 6.23. The van der Waals surface area contributed by atoms with Gasteiger partial charge in [-0.1, -0.05) is 12.2 Å². The van der Waals surface area contributed by atoms with Crippen LogP contribution in [0.3, 0.4) is 0 Å². The molecular weight excluding hydrogens is 248 g/mol. The summed E-state index contributed by atoms with van der Waals surface area (Å²) in [5.74, 6) is 2.36. The van der Waals surface area contributed by atoms with Crippen LogP contribution in [0.1, 0.15) is 31.2 Å². The minimum absolute atomic E-state index is 0.671. The van der Waals surface area contributed by atoms with E-state index in [2.05, 4.69) is 35.1 Å². The molecule has 1 saturated heterocycles. The zero-order chi connectivity index (χ0) is 13.8. The van der Waals surface area contributed by atoms with Crippen LogP contribution < -0.4 is 4.74 Å². The largest absolute Gasteiger partial charge is 0.492 e. The van der Waals surface area contributed by atoms with Crippen molar-refractivity contribution < 1.29 is 4.74 Å². The van der Waals surface area contributed by atoms with Gasteiger partial charge in [0.05, 0.1) is 12.8 Å². The first-order valence-electron chi connectivity index (χ1n) is 7.74. The Morgan fingerprint density at radius 1 is 1.35 bits per heavy atom. The molecule has 0 spiro atoms. The molecule has 0 radical (unpaired) electrons. The maximum atomic E-state index is 5.77. The number of nitrogens with zero attached hydrogens (tertiary/aromatic N) is 2. The SMILES string of the molecule is CN1CCCC(C=Cc2cncc(OCC3CC3)c2)C1. The standard InChI is InChI=1S/C17H24N2O/c1-19-8-2-3-14(12-19)4-7-16-9-17(11-18-10-16)20-13-15-5-6-15/h4,7,9-11,14-15H,2-3,5-6,8,12-13H2,1H3. The second-order valence-corrected chi connectivity index (χ2v) is 6.23. The van der Waals surface area contributed by atoms with Crippen LogP contribution in [0.2, 0.25) is 0 Å². The molecule has 3 rings (SSSR count). The molecule has 0 bridgehead atoms. The minimum Gasteiger partial charge on any atom is -0.492 e. The number of likely N-dealkylation sites (tertiary alicyclic amines) is 1. The normalized spacial score (nSPS) is 24.1. The van der Waals surface area contributed by atoms with Crippen LogP contribution >= 0.6 is 0 Å². The van der Waals surface area contributed by atoms with E-state index < -0.39 is 0 Å². The van der Waals surface area contributed by atoms with Crippen LogP contribution in [0.15, 0.2) is 24.5 Å². The lowest BCUT2D eigenvalue weighted by Gasteiger charge is -2.27. The molecule has 2 fully saturated rings. The summed E-state index contributed by atoms with van der Waals surface area (Å²) in [6, 6.07) is 2.10. The van der Waals surface area contributed by atoms with Crippen molar-refractivity contribution in [2.45, 2.75) is 25.7 Å². The topological polar surface area (TPSA) is 25.4 Å². The first kappa shape index (κ1) is 13.6. The molecule has 3 heteroatoms. The van der Waals surface area contributed by atoms with Gasteiger partial charge in [-0.3, -0.25) is 4.98 Å². The lowest BCUT2D eigenvalue weighted by atomic mass is 9.97. The fraction of sp³-hybridized carbons (Fsp3) is 0.588. The molecule has 1 aromatic heterocycles. The average molecular weight is 272 g/mol. The summed E-state index contributed by atoms with van der Waals surface area (Å²) in [4.78, 5) is 6.68. The molecule has 3 nitrogen and oxygen atoms in total. The van der Waals surface area contributed by atoms with E-state index in [1.54, 1.807) is 0 Å². The van der Waals surface area contributed by atoms with Crippen molar-refractivity contribution in [3.8, 4) is 5.75 Å². The van der Waals surface area contributed by atoms with E-state index in [1.165, 1.54) is 38.8 Å². The average Bonchev–Trinajstić information content (AvgIpc) is 3.28. The molecule has 2 aliphatic rings. The molecule has 1 saturated carbocycles. The third-order valence-electron chi connectivity index (χ3n) is 4.14. The van der Waals surface area contributed by atoms with Gasteiger partial charge in [-0.15, -0.1) is 0 Å². The minimum atomic E-state index is 0.671. The number of ether oxygens (including phenoxy) is 1. The van der Waals surface area contributed by atoms with E-state index in [0.29, 0.717) is 5.92 Å².